The molecule has 3 aliphatic rings. The minimum atomic E-state index is -0.365. The normalized spacial score (nSPS) is 21.9. The van der Waals surface area contributed by atoms with Gasteiger partial charge in [-0.05, 0) is 61.9 Å². The van der Waals surface area contributed by atoms with E-state index < -0.39 is 0 Å². The van der Waals surface area contributed by atoms with Crippen molar-refractivity contribution in [2.75, 3.05) is 61.4 Å². The second-order valence-corrected chi connectivity index (χ2v) is 11.4. The van der Waals surface area contributed by atoms with Crippen LogP contribution in [0, 0.1) is 11.2 Å². The Morgan fingerprint density at radius 3 is 2.47 bits per heavy atom. The highest BCUT2D eigenvalue weighted by molar-refractivity contribution is 5.84. The zero-order chi connectivity index (χ0) is 25.3. The van der Waals surface area contributed by atoms with Gasteiger partial charge in [-0.25, -0.2) is 14.4 Å². The molecule has 4 heterocycles. The third kappa shape index (κ3) is 5.40. The number of hydrogen-bond acceptors (Lipinski definition) is 7. The maximum Gasteiger partial charge on any atom is 0.240 e. The van der Waals surface area contributed by atoms with E-state index in [0.29, 0.717) is 17.6 Å². The van der Waals surface area contributed by atoms with E-state index >= 15 is 4.39 Å². The van der Waals surface area contributed by atoms with E-state index in [0.717, 1.165) is 62.8 Å². The maximum atomic E-state index is 15.3. The van der Waals surface area contributed by atoms with Crippen LogP contribution < -0.4 is 20.4 Å². The molecule has 0 saturated carbocycles. The average molecular weight is 496 g/mol. The Morgan fingerprint density at radius 2 is 1.78 bits per heavy atom. The Balaban J connectivity index is 1.24. The number of nitrogens with one attached hydrogen (secondary N) is 2. The fourth-order valence-electron chi connectivity index (χ4n) is 5.72. The summed E-state index contributed by atoms with van der Waals surface area (Å²) in [5.41, 5.74) is 1.55. The van der Waals surface area contributed by atoms with E-state index in [9.17, 15) is 4.79 Å². The predicted molar refractivity (Wildman–Crippen MR) is 141 cm³/mol. The van der Waals surface area contributed by atoms with Gasteiger partial charge in [0.25, 0.3) is 0 Å². The number of carbonyl (C=O) groups excluding carboxylic acids is 1. The molecule has 194 valence electrons. The lowest BCUT2D eigenvalue weighted by Gasteiger charge is -2.48. The summed E-state index contributed by atoms with van der Waals surface area (Å²) in [6.45, 7) is 9.83. The molecule has 2 N–H and O–H groups in total. The fraction of sp³-hybridized carbons (Fsp3) is 0.593. The Hall–Kier alpha value is -2.94. The highest BCUT2D eigenvalue weighted by atomic mass is 19.1. The largest absolute Gasteiger partial charge is 0.373 e. The van der Waals surface area contributed by atoms with Gasteiger partial charge in [0, 0.05) is 39.3 Å². The van der Waals surface area contributed by atoms with Crippen molar-refractivity contribution in [1.29, 1.82) is 0 Å². The smallest absolute Gasteiger partial charge is 0.240 e. The van der Waals surface area contributed by atoms with Gasteiger partial charge in [0.05, 0.1) is 17.8 Å². The van der Waals surface area contributed by atoms with Crippen molar-refractivity contribution < 1.29 is 9.18 Å². The van der Waals surface area contributed by atoms with Crippen LogP contribution in [0.15, 0.2) is 30.6 Å². The minimum absolute atomic E-state index is 0.0476. The van der Waals surface area contributed by atoms with Crippen LogP contribution in [0.5, 0.6) is 0 Å². The number of aromatic nitrogens is 2. The van der Waals surface area contributed by atoms with Gasteiger partial charge in [0.1, 0.15) is 23.8 Å². The Morgan fingerprint density at radius 1 is 1.03 bits per heavy atom. The zero-order valence-corrected chi connectivity index (χ0v) is 21.7. The number of piperazine rings is 1. The van der Waals surface area contributed by atoms with Gasteiger partial charge < -0.3 is 20.4 Å². The quantitative estimate of drug-likeness (QED) is 0.659. The van der Waals surface area contributed by atoms with Crippen molar-refractivity contribution in [2.24, 2.45) is 5.41 Å². The molecule has 1 spiro atoms. The first-order valence-corrected chi connectivity index (χ1v) is 13.1. The fourth-order valence-corrected chi connectivity index (χ4v) is 5.72. The lowest BCUT2D eigenvalue weighted by molar-refractivity contribution is -0.123. The van der Waals surface area contributed by atoms with Crippen LogP contribution in [-0.2, 0) is 11.3 Å². The second-order valence-electron chi connectivity index (χ2n) is 11.4. The van der Waals surface area contributed by atoms with E-state index in [1.165, 1.54) is 12.8 Å². The first kappa shape index (κ1) is 24.7. The van der Waals surface area contributed by atoms with Gasteiger partial charge in [0.2, 0.25) is 5.91 Å². The van der Waals surface area contributed by atoms with Crippen LogP contribution in [0.4, 0.5) is 21.7 Å². The molecule has 3 fully saturated rings. The summed E-state index contributed by atoms with van der Waals surface area (Å²) < 4.78 is 15.3. The summed E-state index contributed by atoms with van der Waals surface area (Å²) in [5, 5.41) is 6.28. The van der Waals surface area contributed by atoms with Crippen LogP contribution >= 0.6 is 0 Å². The van der Waals surface area contributed by atoms with Gasteiger partial charge in [-0.1, -0.05) is 19.9 Å². The van der Waals surface area contributed by atoms with E-state index in [-0.39, 0.29) is 23.8 Å². The number of anilines is 3. The molecule has 0 atom stereocenters. The highest BCUT2D eigenvalue weighted by Gasteiger charge is 2.42. The number of amides is 1. The number of nitrogens with zero attached hydrogens (tertiary/aromatic N) is 5. The number of likely N-dealkylation sites (tertiary alicyclic amines) is 1. The van der Waals surface area contributed by atoms with E-state index in [1.54, 1.807) is 12.4 Å². The van der Waals surface area contributed by atoms with Gasteiger partial charge in [-0.15, -0.1) is 0 Å². The zero-order valence-electron chi connectivity index (χ0n) is 21.7. The summed E-state index contributed by atoms with van der Waals surface area (Å²) in [7, 11) is 1.84. The first-order chi connectivity index (χ1) is 17.2. The third-order valence-electron chi connectivity index (χ3n) is 8.15. The van der Waals surface area contributed by atoms with Crippen LogP contribution in [0.25, 0.3) is 0 Å². The molecular formula is C27H38FN7O. The Kier molecular flexibility index (Phi) is 6.76. The number of hydrogen-bond donors (Lipinski definition) is 2. The van der Waals surface area contributed by atoms with Gasteiger partial charge >= 0.3 is 0 Å². The van der Waals surface area contributed by atoms with E-state index in [4.69, 9.17) is 0 Å². The number of benzene rings is 1. The molecule has 3 aliphatic heterocycles. The van der Waals surface area contributed by atoms with Gasteiger partial charge in [-0.2, -0.15) is 0 Å². The molecular weight excluding hydrogens is 457 g/mol. The van der Waals surface area contributed by atoms with Gasteiger partial charge in [0.15, 0.2) is 0 Å². The summed E-state index contributed by atoms with van der Waals surface area (Å²) in [5.74, 6) is 1.36. The lowest BCUT2D eigenvalue weighted by atomic mass is 9.82. The first-order valence-electron chi connectivity index (χ1n) is 13.1. The van der Waals surface area contributed by atoms with E-state index in [1.807, 2.05) is 30.1 Å². The second kappa shape index (κ2) is 9.84. The molecule has 36 heavy (non-hydrogen) atoms. The number of halogens is 1. The molecule has 8 nitrogen and oxygen atoms in total. The highest BCUT2D eigenvalue weighted by Crippen LogP contribution is 2.33. The van der Waals surface area contributed by atoms with Crippen LogP contribution in [0.2, 0.25) is 0 Å². The monoisotopic (exact) mass is 495 g/mol. The lowest BCUT2D eigenvalue weighted by Crippen LogP contribution is -2.66. The average Bonchev–Trinajstić information content (AvgIpc) is 2.85. The predicted octanol–water partition coefficient (Wildman–Crippen LogP) is 3.25. The molecule has 1 aromatic heterocycles. The summed E-state index contributed by atoms with van der Waals surface area (Å²) >= 11 is 0. The summed E-state index contributed by atoms with van der Waals surface area (Å²) in [6.07, 6.45) is 5.46. The topological polar surface area (TPSA) is 76.6 Å². The van der Waals surface area contributed by atoms with Crippen molar-refractivity contribution in [2.45, 2.75) is 51.6 Å². The van der Waals surface area contributed by atoms with Crippen molar-refractivity contribution >= 4 is 23.2 Å². The van der Waals surface area contributed by atoms with Crippen LogP contribution in [-0.4, -0.2) is 72.6 Å². The van der Waals surface area contributed by atoms with Crippen molar-refractivity contribution in [1.82, 2.24) is 20.2 Å². The summed E-state index contributed by atoms with van der Waals surface area (Å²) in [6, 6.07) is 7.48. The van der Waals surface area contributed by atoms with Crippen molar-refractivity contribution in [3.05, 3.63) is 42.0 Å². The standard InChI is InChI=1S/C27H38FN7O/c1-26(2)6-10-33(11-7-26)16-20-4-5-22(21(28)14-20)35-17-25(36)32-27(18-35)8-12-34(13-9-27)24-15-23(29-3)30-19-31-24/h4-5,14-15,19H,6-13,16-18H2,1-3H3,(H,32,36)(H,29,30,31). The molecule has 1 amide bonds. The molecule has 9 heteroatoms. The summed E-state index contributed by atoms with van der Waals surface area (Å²) in [4.78, 5) is 27.9. The Labute approximate surface area is 213 Å². The minimum Gasteiger partial charge on any atom is -0.373 e. The van der Waals surface area contributed by atoms with Gasteiger partial charge in [-0.3, -0.25) is 9.69 Å². The molecule has 0 radical (unpaired) electrons. The molecule has 0 unspecified atom stereocenters. The van der Waals surface area contributed by atoms with Crippen molar-refractivity contribution in [3.63, 3.8) is 0 Å². The number of carbonyl (C=O) groups is 1. The maximum absolute atomic E-state index is 15.3. The van der Waals surface area contributed by atoms with Crippen LogP contribution in [0.1, 0.15) is 45.1 Å². The van der Waals surface area contributed by atoms with E-state index in [2.05, 4.69) is 44.2 Å². The molecule has 3 saturated heterocycles. The molecule has 1 aromatic carbocycles. The molecule has 2 aromatic rings. The number of piperidine rings is 2. The SMILES string of the molecule is CNc1cc(N2CCC3(CC2)CN(c2ccc(CN4CCC(C)(C)CC4)cc2F)CC(=O)N3)ncn1. The third-order valence-corrected chi connectivity index (χ3v) is 8.15. The molecule has 5 rings (SSSR count). The molecule has 0 aliphatic carbocycles. The Bertz CT molecular complexity index is 1090. The number of rotatable bonds is 5. The molecule has 0 bridgehead atoms. The van der Waals surface area contributed by atoms with Crippen LogP contribution in [0.3, 0.4) is 0 Å². The van der Waals surface area contributed by atoms with Crippen molar-refractivity contribution in [3.8, 4) is 0 Å².